The first-order valence-corrected chi connectivity index (χ1v) is 7.25. The van der Waals surface area contributed by atoms with Crippen molar-refractivity contribution in [2.45, 2.75) is 19.9 Å². The summed E-state index contributed by atoms with van der Waals surface area (Å²) in [5.74, 6) is -0.149. The molecule has 0 aliphatic carbocycles. The van der Waals surface area contributed by atoms with E-state index in [0.717, 1.165) is 28.6 Å². The molecule has 0 unspecified atom stereocenters. The Morgan fingerprint density at radius 3 is 2.37 bits per heavy atom. The van der Waals surface area contributed by atoms with Crippen LogP contribution in [0.5, 0.6) is 0 Å². The van der Waals surface area contributed by atoms with E-state index < -0.39 is 0 Å². The molecule has 0 spiro atoms. The van der Waals surface area contributed by atoms with E-state index in [-0.39, 0.29) is 5.82 Å². The lowest BCUT2D eigenvalue weighted by Gasteiger charge is -2.07. The molecule has 2 aromatic rings. The Kier molecular flexibility index (Phi) is 5.11. The molecular weight excluding hydrogens is 305 g/mol. The van der Waals surface area contributed by atoms with Crippen LogP contribution in [0.4, 0.5) is 4.39 Å². The second-order valence-electron chi connectivity index (χ2n) is 4.49. The van der Waals surface area contributed by atoms with Crippen LogP contribution in [0.3, 0.4) is 0 Å². The van der Waals surface area contributed by atoms with Crippen molar-refractivity contribution in [3.8, 4) is 11.1 Å². The smallest absolute Gasteiger partial charge is 0.128 e. The van der Waals surface area contributed by atoms with Crippen molar-refractivity contribution in [2.75, 3.05) is 6.54 Å². The van der Waals surface area contributed by atoms with E-state index in [1.807, 2.05) is 36.4 Å². The lowest BCUT2D eigenvalue weighted by Crippen LogP contribution is -2.14. The molecule has 3 heteroatoms. The number of hydrogen-bond donors (Lipinski definition) is 1. The standard InChI is InChI=1S/C16H17BrFN/c1-2-9-19-11-14-4-3-13(10-16(14)18)12-5-7-15(17)8-6-12/h3-8,10,19H,2,9,11H2,1H3. The van der Waals surface area contributed by atoms with Crippen LogP contribution in [-0.2, 0) is 6.54 Å². The summed E-state index contributed by atoms with van der Waals surface area (Å²) < 4.78 is 15.0. The zero-order chi connectivity index (χ0) is 13.7. The number of rotatable bonds is 5. The maximum atomic E-state index is 14.0. The summed E-state index contributed by atoms with van der Waals surface area (Å²) in [7, 11) is 0. The molecule has 100 valence electrons. The fourth-order valence-electron chi connectivity index (χ4n) is 1.91. The SMILES string of the molecule is CCCNCc1ccc(-c2ccc(Br)cc2)cc1F. The van der Waals surface area contributed by atoms with E-state index in [1.165, 1.54) is 0 Å². The molecule has 0 bridgehead atoms. The first-order valence-electron chi connectivity index (χ1n) is 6.46. The molecule has 0 amide bonds. The quantitative estimate of drug-likeness (QED) is 0.783. The lowest BCUT2D eigenvalue weighted by atomic mass is 10.0. The van der Waals surface area contributed by atoms with E-state index in [1.54, 1.807) is 6.07 Å². The van der Waals surface area contributed by atoms with Crippen molar-refractivity contribution < 1.29 is 4.39 Å². The maximum absolute atomic E-state index is 14.0. The van der Waals surface area contributed by atoms with Gasteiger partial charge in [0.05, 0.1) is 0 Å². The fraction of sp³-hybridized carbons (Fsp3) is 0.250. The monoisotopic (exact) mass is 321 g/mol. The summed E-state index contributed by atoms with van der Waals surface area (Å²) in [6.07, 6.45) is 1.05. The predicted molar refractivity (Wildman–Crippen MR) is 81.5 cm³/mol. The Labute approximate surface area is 122 Å². The fourth-order valence-corrected chi connectivity index (χ4v) is 2.18. The summed E-state index contributed by atoms with van der Waals surface area (Å²) in [5, 5.41) is 3.21. The molecule has 1 nitrogen and oxygen atoms in total. The first-order chi connectivity index (χ1) is 9.20. The van der Waals surface area contributed by atoms with Crippen molar-refractivity contribution in [3.63, 3.8) is 0 Å². The Morgan fingerprint density at radius 1 is 1.05 bits per heavy atom. The molecule has 0 saturated heterocycles. The largest absolute Gasteiger partial charge is 0.313 e. The average Bonchev–Trinajstić information content (AvgIpc) is 2.42. The van der Waals surface area contributed by atoms with Crippen molar-refractivity contribution in [3.05, 3.63) is 58.3 Å². The highest BCUT2D eigenvalue weighted by Crippen LogP contribution is 2.23. The topological polar surface area (TPSA) is 12.0 Å². The zero-order valence-electron chi connectivity index (χ0n) is 10.9. The highest BCUT2D eigenvalue weighted by molar-refractivity contribution is 9.10. The second kappa shape index (κ2) is 6.83. The Morgan fingerprint density at radius 2 is 1.74 bits per heavy atom. The van der Waals surface area contributed by atoms with E-state index in [9.17, 15) is 4.39 Å². The van der Waals surface area contributed by atoms with E-state index in [4.69, 9.17) is 0 Å². The molecule has 2 aromatic carbocycles. The Hall–Kier alpha value is -1.19. The van der Waals surface area contributed by atoms with Crippen LogP contribution in [0.2, 0.25) is 0 Å². The van der Waals surface area contributed by atoms with Gasteiger partial charge in [-0.15, -0.1) is 0 Å². The third-order valence-corrected chi connectivity index (χ3v) is 3.50. The molecular formula is C16H17BrFN. The molecule has 0 aliphatic rings. The van der Waals surface area contributed by atoms with Gasteiger partial charge in [-0.3, -0.25) is 0 Å². The van der Waals surface area contributed by atoms with Crippen LogP contribution in [0.15, 0.2) is 46.9 Å². The number of nitrogens with one attached hydrogen (secondary N) is 1. The van der Waals surface area contributed by atoms with Gasteiger partial charge in [-0.1, -0.05) is 47.1 Å². The van der Waals surface area contributed by atoms with Gasteiger partial charge in [-0.05, 0) is 42.3 Å². The summed E-state index contributed by atoms with van der Waals surface area (Å²) in [4.78, 5) is 0. The van der Waals surface area contributed by atoms with Gasteiger partial charge >= 0.3 is 0 Å². The average molecular weight is 322 g/mol. The third kappa shape index (κ3) is 3.88. The molecule has 0 radical (unpaired) electrons. The van der Waals surface area contributed by atoms with Crippen molar-refractivity contribution in [1.82, 2.24) is 5.32 Å². The van der Waals surface area contributed by atoms with Crippen LogP contribution in [0.1, 0.15) is 18.9 Å². The predicted octanol–water partition coefficient (Wildman–Crippen LogP) is 4.75. The van der Waals surface area contributed by atoms with Crippen LogP contribution < -0.4 is 5.32 Å². The Bertz CT molecular complexity index is 537. The van der Waals surface area contributed by atoms with Crippen molar-refractivity contribution in [2.24, 2.45) is 0 Å². The molecule has 0 aliphatic heterocycles. The zero-order valence-corrected chi connectivity index (χ0v) is 12.5. The van der Waals surface area contributed by atoms with Crippen LogP contribution in [-0.4, -0.2) is 6.54 Å². The molecule has 0 saturated carbocycles. The summed E-state index contributed by atoms with van der Waals surface area (Å²) >= 11 is 3.40. The first kappa shape index (κ1) is 14.2. The molecule has 2 rings (SSSR count). The normalized spacial score (nSPS) is 10.7. The van der Waals surface area contributed by atoms with Gasteiger partial charge in [0.25, 0.3) is 0 Å². The summed E-state index contributed by atoms with van der Waals surface area (Å²) in [6.45, 7) is 3.59. The van der Waals surface area contributed by atoms with Gasteiger partial charge in [0.1, 0.15) is 5.82 Å². The molecule has 0 aromatic heterocycles. The number of benzene rings is 2. The third-order valence-electron chi connectivity index (χ3n) is 2.97. The second-order valence-corrected chi connectivity index (χ2v) is 5.41. The number of halogens is 2. The van der Waals surface area contributed by atoms with Gasteiger partial charge in [-0.25, -0.2) is 4.39 Å². The molecule has 0 fully saturated rings. The maximum Gasteiger partial charge on any atom is 0.128 e. The minimum absolute atomic E-state index is 0.149. The minimum Gasteiger partial charge on any atom is -0.313 e. The van der Waals surface area contributed by atoms with Gasteiger partial charge < -0.3 is 5.32 Å². The molecule has 0 atom stereocenters. The highest BCUT2D eigenvalue weighted by atomic mass is 79.9. The van der Waals surface area contributed by atoms with E-state index in [2.05, 4.69) is 28.2 Å². The number of hydrogen-bond acceptors (Lipinski definition) is 1. The van der Waals surface area contributed by atoms with Gasteiger partial charge in [0.15, 0.2) is 0 Å². The molecule has 1 N–H and O–H groups in total. The summed E-state index contributed by atoms with van der Waals surface area (Å²) in [5.41, 5.74) is 2.65. The Balaban J connectivity index is 2.16. The van der Waals surface area contributed by atoms with E-state index >= 15 is 0 Å². The molecule has 0 heterocycles. The van der Waals surface area contributed by atoms with Gasteiger partial charge in [-0.2, -0.15) is 0 Å². The summed E-state index contributed by atoms with van der Waals surface area (Å²) in [6, 6.07) is 13.3. The van der Waals surface area contributed by atoms with Gasteiger partial charge in [0, 0.05) is 16.6 Å². The molecule has 19 heavy (non-hydrogen) atoms. The van der Waals surface area contributed by atoms with Crippen LogP contribution >= 0.6 is 15.9 Å². The van der Waals surface area contributed by atoms with Gasteiger partial charge in [0.2, 0.25) is 0 Å². The van der Waals surface area contributed by atoms with Crippen LogP contribution in [0.25, 0.3) is 11.1 Å². The lowest BCUT2D eigenvalue weighted by molar-refractivity contribution is 0.587. The van der Waals surface area contributed by atoms with E-state index in [0.29, 0.717) is 12.1 Å². The van der Waals surface area contributed by atoms with Crippen molar-refractivity contribution in [1.29, 1.82) is 0 Å². The van der Waals surface area contributed by atoms with Crippen molar-refractivity contribution >= 4 is 15.9 Å². The minimum atomic E-state index is -0.149. The highest BCUT2D eigenvalue weighted by Gasteiger charge is 2.05. The van der Waals surface area contributed by atoms with Crippen LogP contribution in [0, 0.1) is 5.82 Å².